The van der Waals surface area contributed by atoms with Crippen molar-refractivity contribution in [1.29, 1.82) is 0 Å². The fraction of sp³-hybridized carbons (Fsp3) is 0.385. The highest BCUT2D eigenvalue weighted by atomic mass is 19.4. The molecule has 1 aliphatic rings. The van der Waals surface area contributed by atoms with Crippen LogP contribution in [0.5, 0.6) is 0 Å². The summed E-state index contributed by atoms with van der Waals surface area (Å²) in [5, 5.41) is 8.84. The van der Waals surface area contributed by atoms with Crippen molar-refractivity contribution in [3.05, 3.63) is 35.4 Å². The number of halogens is 3. The number of carbonyl (C=O) groups is 2. The molecule has 0 saturated carbocycles. The molecule has 0 spiro atoms. The Labute approximate surface area is 112 Å². The average Bonchev–Trinajstić information content (AvgIpc) is 2.71. The van der Waals surface area contributed by atoms with Gasteiger partial charge in [0.25, 0.3) is 0 Å². The van der Waals surface area contributed by atoms with Gasteiger partial charge in [0.1, 0.15) is 0 Å². The summed E-state index contributed by atoms with van der Waals surface area (Å²) < 4.78 is 37.2. The first-order valence-corrected chi connectivity index (χ1v) is 5.94. The predicted octanol–water partition coefficient (Wildman–Crippen LogP) is 2.14. The van der Waals surface area contributed by atoms with E-state index >= 15 is 0 Å². The van der Waals surface area contributed by atoms with Gasteiger partial charge in [-0.3, -0.25) is 9.59 Å². The van der Waals surface area contributed by atoms with Gasteiger partial charge in [0, 0.05) is 19.5 Å². The zero-order valence-corrected chi connectivity index (χ0v) is 10.4. The SMILES string of the molecule is O=C(O)[C@H]1CC(=O)N(Cc2ccc(C(F)(F)F)cc2)C1. The van der Waals surface area contributed by atoms with Crippen LogP contribution in [0, 0.1) is 5.92 Å². The number of nitrogens with zero attached hydrogens (tertiary/aromatic N) is 1. The smallest absolute Gasteiger partial charge is 0.416 e. The molecule has 1 saturated heterocycles. The molecule has 20 heavy (non-hydrogen) atoms. The fourth-order valence-electron chi connectivity index (χ4n) is 2.11. The summed E-state index contributed by atoms with van der Waals surface area (Å²) in [5.41, 5.74) is -0.213. The molecule has 1 amide bonds. The quantitative estimate of drug-likeness (QED) is 0.926. The highest BCUT2D eigenvalue weighted by molar-refractivity contribution is 5.86. The third-order valence-electron chi connectivity index (χ3n) is 3.22. The van der Waals surface area contributed by atoms with E-state index in [1.807, 2.05) is 0 Å². The maximum absolute atomic E-state index is 12.4. The van der Waals surface area contributed by atoms with Gasteiger partial charge in [0.15, 0.2) is 0 Å². The molecule has 0 unspecified atom stereocenters. The van der Waals surface area contributed by atoms with E-state index in [4.69, 9.17) is 5.11 Å². The molecule has 0 aliphatic carbocycles. The molecular formula is C13H12F3NO3. The summed E-state index contributed by atoms with van der Waals surface area (Å²) in [7, 11) is 0. The Bertz CT molecular complexity index is 525. The van der Waals surface area contributed by atoms with Crippen LogP contribution in [-0.2, 0) is 22.3 Å². The molecule has 0 aromatic heterocycles. The zero-order chi connectivity index (χ0) is 14.9. The second-order valence-corrected chi connectivity index (χ2v) is 4.71. The Morgan fingerprint density at radius 1 is 1.30 bits per heavy atom. The van der Waals surface area contributed by atoms with Crippen LogP contribution in [0.2, 0.25) is 0 Å². The summed E-state index contributed by atoms with van der Waals surface area (Å²) in [5.74, 6) is -2.07. The first kappa shape index (κ1) is 14.4. The lowest BCUT2D eigenvalue weighted by Crippen LogP contribution is -2.25. The zero-order valence-electron chi connectivity index (χ0n) is 10.4. The number of carboxylic acids is 1. The first-order chi connectivity index (χ1) is 9.27. The molecule has 1 aliphatic heterocycles. The van der Waals surface area contributed by atoms with Crippen LogP contribution < -0.4 is 0 Å². The number of hydrogen-bond donors (Lipinski definition) is 1. The van der Waals surface area contributed by atoms with Crippen molar-refractivity contribution in [1.82, 2.24) is 4.90 Å². The van der Waals surface area contributed by atoms with Gasteiger partial charge in [0.05, 0.1) is 11.5 Å². The number of likely N-dealkylation sites (tertiary alicyclic amines) is 1. The van der Waals surface area contributed by atoms with E-state index in [9.17, 15) is 22.8 Å². The van der Waals surface area contributed by atoms with Crippen LogP contribution in [0.25, 0.3) is 0 Å². The van der Waals surface area contributed by atoms with E-state index in [1.54, 1.807) is 0 Å². The van der Waals surface area contributed by atoms with Gasteiger partial charge in [0.2, 0.25) is 5.91 Å². The third kappa shape index (κ3) is 3.09. The van der Waals surface area contributed by atoms with Crippen LogP contribution >= 0.6 is 0 Å². The van der Waals surface area contributed by atoms with Gasteiger partial charge in [-0.25, -0.2) is 0 Å². The normalized spacial score (nSPS) is 19.4. The molecule has 108 valence electrons. The van der Waals surface area contributed by atoms with Crippen LogP contribution in [-0.4, -0.2) is 28.4 Å². The lowest BCUT2D eigenvalue weighted by atomic mass is 10.1. The summed E-state index contributed by atoms with van der Waals surface area (Å²) in [6.07, 6.45) is -4.45. The van der Waals surface area contributed by atoms with Crippen molar-refractivity contribution in [2.75, 3.05) is 6.54 Å². The van der Waals surface area contributed by atoms with Crippen molar-refractivity contribution in [3.63, 3.8) is 0 Å². The number of carboxylic acid groups (broad SMARTS) is 1. The number of aliphatic carboxylic acids is 1. The monoisotopic (exact) mass is 287 g/mol. The minimum atomic E-state index is -4.39. The second kappa shape index (κ2) is 5.15. The van der Waals surface area contributed by atoms with Crippen LogP contribution in [0.1, 0.15) is 17.5 Å². The summed E-state index contributed by atoms with van der Waals surface area (Å²) >= 11 is 0. The van der Waals surface area contributed by atoms with E-state index in [1.165, 1.54) is 17.0 Å². The van der Waals surface area contributed by atoms with Gasteiger partial charge in [-0.2, -0.15) is 13.2 Å². The topological polar surface area (TPSA) is 57.6 Å². The van der Waals surface area contributed by atoms with Gasteiger partial charge in [-0.15, -0.1) is 0 Å². The first-order valence-electron chi connectivity index (χ1n) is 5.94. The van der Waals surface area contributed by atoms with Crippen LogP contribution in [0.3, 0.4) is 0 Å². The Balaban J connectivity index is 2.04. The minimum absolute atomic E-state index is 0.0596. The maximum atomic E-state index is 12.4. The van der Waals surface area contributed by atoms with E-state index < -0.39 is 23.6 Å². The summed E-state index contributed by atoms with van der Waals surface area (Å²) in [4.78, 5) is 23.7. The Kier molecular flexibility index (Phi) is 3.69. The molecule has 1 heterocycles. The largest absolute Gasteiger partial charge is 0.481 e. The predicted molar refractivity (Wildman–Crippen MR) is 62.6 cm³/mol. The number of carbonyl (C=O) groups excluding carboxylic acids is 1. The lowest BCUT2D eigenvalue weighted by molar-refractivity contribution is -0.141. The van der Waals surface area contributed by atoms with E-state index in [2.05, 4.69) is 0 Å². The molecule has 1 aromatic carbocycles. The molecule has 1 atom stereocenters. The fourth-order valence-corrected chi connectivity index (χ4v) is 2.11. The number of hydrogen-bond acceptors (Lipinski definition) is 2. The molecule has 0 radical (unpaired) electrons. The Morgan fingerprint density at radius 2 is 1.90 bits per heavy atom. The Hall–Kier alpha value is -2.05. The van der Waals surface area contributed by atoms with Gasteiger partial charge < -0.3 is 10.0 Å². The number of rotatable bonds is 3. The molecule has 1 aromatic rings. The maximum Gasteiger partial charge on any atom is 0.416 e. The van der Waals surface area contributed by atoms with Crippen LogP contribution in [0.15, 0.2) is 24.3 Å². The van der Waals surface area contributed by atoms with Crippen LogP contribution in [0.4, 0.5) is 13.2 Å². The molecular weight excluding hydrogens is 275 g/mol. The van der Waals surface area contributed by atoms with Gasteiger partial charge in [-0.05, 0) is 17.7 Å². The average molecular weight is 287 g/mol. The molecule has 7 heteroatoms. The highest BCUT2D eigenvalue weighted by Crippen LogP contribution is 2.29. The van der Waals surface area contributed by atoms with Crippen molar-refractivity contribution in [2.24, 2.45) is 5.92 Å². The van der Waals surface area contributed by atoms with Gasteiger partial charge >= 0.3 is 12.1 Å². The third-order valence-corrected chi connectivity index (χ3v) is 3.22. The van der Waals surface area contributed by atoms with E-state index in [0.717, 1.165) is 12.1 Å². The molecule has 1 N–H and O–H groups in total. The van der Waals surface area contributed by atoms with E-state index in [-0.39, 0.29) is 25.4 Å². The molecule has 0 bridgehead atoms. The summed E-state index contributed by atoms with van der Waals surface area (Å²) in [6.45, 7) is 0.218. The van der Waals surface area contributed by atoms with Crippen molar-refractivity contribution in [2.45, 2.75) is 19.1 Å². The second-order valence-electron chi connectivity index (χ2n) is 4.71. The van der Waals surface area contributed by atoms with Crippen molar-refractivity contribution in [3.8, 4) is 0 Å². The summed E-state index contributed by atoms with van der Waals surface area (Å²) in [6, 6.07) is 4.49. The molecule has 1 fully saturated rings. The number of amides is 1. The number of benzene rings is 1. The molecule has 4 nitrogen and oxygen atoms in total. The van der Waals surface area contributed by atoms with E-state index in [0.29, 0.717) is 5.56 Å². The molecule has 2 rings (SSSR count). The highest BCUT2D eigenvalue weighted by Gasteiger charge is 2.34. The van der Waals surface area contributed by atoms with Gasteiger partial charge in [-0.1, -0.05) is 12.1 Å². The van der Waals surface area contributed by atoms with Crippen molar-refractivity contribution < 1.29 is 27.9 Å². The lowest BCUT2D eigenvalue weighted by Gasteiger charge is -2.16. The number of alkyl halides is 3. The Morgan fingerprint density at radius 3 is 2.35 bits per heavy atom. The minimum Gasteiger partial charge on any atom is -0.481 e. The standard InChI is InChI=1S/C13H12F3NO3/c14-13(15,16)10-3-1-8(2-4-10)6-17-7-9(12(19)20)5-11(17)18/h1-4,9H,5-7H2,(H,19,20)/t9-/m0/s1. The van der Waals surface area contributed by atoms with Crippen molar-refractivity contribution >= 4 is 11.9 Å².